The van der Waals surface area contributed by atoms with Crippen molar-refractivity contribution in [2.75, 3.05) is 0 Å². The summed E-state index contributed by atoms with van der Waals surface area (Å²) in [5, 5.41) is 7.49. The summed E-state index contributed by atoms with van der Waals surface area (Å²) in [6.45, 7) is 3.65. The second kappa shape index (κ2) is 3.87. The summed E-state index contributed by atoms with van der Waals surface area (Å²) in [6.07, 6.45) is 7.07. The van der Waals surface area contributed by atoms with E-state index >= 15 is 0 Å². The van der Waals surface area contributed by atoms with Crippen molar-refractivity contribution >= 4 is 6.08 Å². The van der Waals surface area contributed by atoms with Gasteiger partial charge in [-0.2, -0.15) is 0 Å². The van der Waals surface area contributed by atoms with Gasteiger partial charge in [0, 0.05) is 5.69 Å². The SMILES string of the molecule is [CH2]/C=C/c1ccc(-n2cnnc2)cc1. The average molecular weight is 184 g/mol. The van der Waals surface area contributed by atoms with Crippen LogP contribution in [0.3, 0.4) is 0 Å². The van der Waals surface area contributed by atoms with Gasteiger partial charge in [-0.15, -0.1) is 10.2 Å². The maximum absolute atomic E-state index is 3.75. The van der Waals surface area contributed by atoms with Crippen LogP contribution in [-0.2, 0) is 0 Å². The van der Waals surface area contributed by atoms with Crippen LogP contribution >= 0.6 is 0 Å². The first-order chi connectivity index (χ1) is 6.90. The van der Waals surface area contributed by atoms with Gasteiger partial charge in [0.15, 0.2) is 0 Å². The number of hydrogen-bond acceptors (Lipinski definition) is 2. The van der Waals surface area contributed by atoms with Gasteiger partial charge in [0.1, 0.15) is 12.7 Å². The molecule has 0 aliphatic rings. The van der Waals surface area contributed by atoms with Gasteiger partial charge in [0.05, 0.1) is 0 Å². The van der Waals surface area contributed by atoms with Gasteiger partial charge in [-0.25, -0.2) is 0 Å². The summed E-state index contributed by atoms with van der Waals surface area (Å²) in [4.78, 5) is 0. The van der Waals surface area contributed by atoms with E-state index in [2.05, 4.69) is 17.1 Å². The lowest BCUT2D eigenvalue weighted by atomic mass is 10.2. The maximum atomic E-state index is 3.75. The molecule has 0 aliphatic heterocycles. The number of nitrogens with zero attached hydrogens (tertiary/aromatic N) is 3. The van der Waals surface area contributed by atoms with Crippen LogP contribution in [-0.4, -0.2) is 14.8 Å². The standard InChI is InChI=1S/C11H10N3/c1-2-3-10-4-6-11(7-5-10)14-8-12-13-9-14/h2-9H,1H2/b3-2+. The van der Waals surface area contributed by atoms with E-state index in [9.17, 15) is 0 Å². The van der Waals surface area contributed by atoms with Crippen LogP contribution in [0.15, 0.2) is 43.0 Å². The van der Waals surface area contributed by atoms with Crippen LogP contribution in [0.4, 0.5) is 0 Å². The maximum Gasteiger partial charge on any atom is 0.123 e. The minimum atomic E-state index is 1.05. The minimum absolute atomic E-state index is 1.05. The second-order valence-electron chi connectivity index (χ2n) is 2.86. The molecule has 0 bridgehead atoms. The summed E-state index contributed by atoms with van der Waals surface area (Å²) < 4.78 is 1.86. The first-order valence-electron chi connectivity index (χ1n) is 4.31. The summed E-state index contributed by atoms with van der Waals surface area (Å²) in [6, 6.07) is 8.07. The molecule has 0 fully saturated rings. The van der Waals surface area contributed by atoms with Gasteiger partial charge in [0.2, 0.25) is 0 Å². The number of allylic oxidation sites excluding steroid dienone is 1. The largest absolute Gasteiger partial charge is 0.288 e. The Bertz CT molecular complexity index is 412. The fraction of sp³-hybridized carbons (Fsp3) is 0. The molecule has 1 heterocycles. The third-order valence-corrected chi connectivity index (χ3v) is 1.92. The van der Waals surface area contributed by atoms with Gasteiger partial charge < -0.3 is 0 Å². The van der Waals surface area contributed by atoms with Crippen molar-refractivity contribution in [2.24, 2.45) is 0 Å². The molecule has 0 saturated heterocycles. The molecule has 1 aromatic carbocycles. The van der Waals surface area contributed by atoms with E-state index in [0.29, 0.717) is 0 Å². The Morgan fingerprint density at radius 1 is 1.07 bits per heavy atom. The van der Waals surface area contributed by atoms with Crippen LogP contribution in [0.2, 0.25) is 0 Å². The number of rotatable bonds is 2. The van der Waals surface area contributed by atoms with E-state index in [0.717, 1.165) is 11.3 Å². The summed E-state index contributed by atoms with van der Waals surface area (Å²) in [7, 11) is 0. The van der Waals surface area contributed by atoms with Crippen molar-refractivity contribution in [1.82, 2.24) is 14.8 Å². The van der Waals surface area contributed by atoms with Crippen molar-refractivity contribution < 1.29 is 0 Å². The molecule has 0 saturated carbocycles. The van der Waals surface area contributed by atoms with Crippen molar-refractivity contribution in [3.63, 3.8) is 0 Å². The van der Waals surface area contributed by atoms with E-state index in [-0.39, 0.29) is 0 Å². The fourth-order valence-corrected chi connectivity index (χ4v) is 1.23. The molecule has 0 amide bonds. The Balaban J connectivity index is 2.31. The molecular weight excluding hydrogens is 174 g/mol. The van der Waals surface area contributed by atoms with Crippen LogP contribution in [0.1, 0.15) is 5.56 Å². The molecule has 0 aliphatic carbocycles. The number of hydrogen-bond donors (Lipinski definition) is 0. The van der Waals surface area contributed by atoms with Crippen LogP contribution < -0.4 is 0 Å². The third kappa shape index (κ3) is 1.71. The molecule has 14 heavy (non-hydrogen) atoms. The number of aromatic nitrogens is 3. The van der Waals surface area contributed by atoms with Gasteiger partial charge >= 0.3 is 0 Å². The predicted octanol–water partition coefficient (Wildman–Crippen LogP) is 2.11. The molecule has 0 spiro atoms. The predicted molar refractivity (Wildman–Crippen MR) is 55.8 cm³/mol. The van der Waals surface area contributed by atoms with E-state index in [1.54, 1.807) is 18.7 Å². The zero-order valence-corrected chi connectivity index (χ0v) is 7.67. The van der Waals surface area contributed by atoms with E-state index in [1.165, 1.54) is 0 Å². The highest BCUT2D eigenvalue weighted by molar-refractivity contribution is 5.52. The Hall–Kier alpha value is -1.90. The Morgan fingerprint density at radius 3 is 2.29 bits per heavy atom. The molecule has 3 nitrogen and oxygen atoms in total. The lowest BCUT2D eigenvalue weighted by Gasteiger charge is -2.00. The third-order valence-electron chi connectivity index (χ3n) is 1.92. The zero-order chi connectivity index (χ0) is 9.80. The highest BCUT2D eigenvalue weighted by Gasteiger charge is 1.94. The van der Waals surface area contributed by atoms with Crippen molar-refractivity contribution in [2.45, 2.75) is 0 Å². The van der Waals surface area contributed by atoms with E-state index in [4.69, 9.17) is 0 Å². The molecule has 1 radical (unpaired) electrons. The van der Waals surface area contributed by atoms with Gasteiger partial charge in [-0.3, -0.25) is 4.57 Å². The molecule has 2 aromatic rings. The van der Waals surface area contributed by atoms with Crippen LogP contribution in [0, 0.1) is 6.92 Å². The molecule has 0 N–H and O–H groups in total. The first-order valence-corrected chi connectivity index (χ1v) is 4.31. The topological polar surface area (TPSA) is 30.7 Å². The lowest BCUT2D eigenvalue weighted by molar-refractivity contribution is 1.06. The molecule has 3 heteroatoms. The summed E-state index contributed by atoms with van der Waals surface area (Å²) >= 11 is 0. The smallest absolute Gasteiger partial charge is 0.123 e. The molecule has 1 aromatic heterocycles. The first kappa shape index (κ1) is 8.69. The summed E-state index contributed by atoms with van der Waals surface area (Å²) in [5.41, 5.74) is 2.19. The quantitative estimate of drug-likeness (QED) is 0.715. The monoisotopic (exact) mass is 184 g/mol. The zero-order valence-electron chi connectivity index (χ0n) is 7.67. The molecule has 69 valence electrons. The minimum Gasteiger partial charge on any atom is -0.288 e. The molecule has 0 unspecified atom stereocenters. The van der Waals surface area contributed by atoms with Crippen molar-refractivity contribution in [3.05, 3.63) is 55.5 Å². The van der Waals surface area contributed by atoms with Gasteiger partial charge in [-0.05, 0) is 24.6 Å². The number of benzene rings is 1. The normalized spacial score (nSPS) is 10.9. The average Bonchev–Trinajstić information content (AvgIpc) is 2.72. The Labute approximate surface area is 82.7 Å². The van der Waals surface area contributed by atoms with E-state index < -0.39 is 0 Å². The van der Waals surface area contributed by atoms with Crippen LogP contribution in [0.5, 0.6) is 0 Å². The Morgan fingerprint density at radius 2 is 1.71 bits per heavy atom. The fourth-order valence-electron chi connectivity index (χ4n) is 1.23. The molecule has 0 atom stereocenters. The molecular formula is C11H10N3. The van der Waals surface area contributed by atoms with Crippen molar-refractivity contribution in [3.8, 4) is 5.69 Å². The van der Waals surface area contributed by atoms with E-state index in [1.807, 2.05) is 34.9 Å². The van der Waals surface area contributed by atoms with Gasteiger partial charge in [0.25, 0.3) is 0 Å². The highest BCUT2D eigenvalue weighted by Crippen LogP contribution is 2.09. The van der Waals surface area contributed by atoms with Gasteiger partial charge in [-0.1, -0.05) is 24.3 Å². The molecule has 2 rings (SSSR count). The summed E-state index contributed by atoms with van der Waals surface area (Å²) in [5.74, 6) is 0. The Kier molecular flexibility index (Phi) is 2.40. The second-order valence-corrected chi connectivity index (χ2v) is 2.86. The van der Waals surface area contributed by atoms with Crippen LogP contribution in [0.25, 0.3) is 11.8 Å². The lowest BCUT2D eigenvalue weighted by Crippen LogP contribution is -1.88. The van der Waals surface area contributed by atoms with Crippen molar-refractivity contribution in [1.29, 1.82) is 0 Å². The highest BCUT2D eigenvalue weighted by atomic mass is 15.2.